The number of hydrogen-bond donors (Lipinski definition) is 2. The summed E-state index contributed by atoms with van der Waals surface area (Å²) in [5, 5.41) is 18.3. The average Bonchev–Trinajstić information content (AvgIpc) is 3.10. The van der Waals surface area contributed by atoms with Gasteiger partial charge in [0.1, 0.15) is 5.75 Å². The van der Waals surface area contributed by atoms with Gasteiger partial charge in [0.05, 0.1) is 5.69 Å². The van der Waals surface area contributed by atoms with Crippen LogP contribution < -0.4 is 15.4 Å². The van der Waals surface area contributed by atoms with Crippen molar-refractivity contribution in [3.8, 4) is 17.4 Å². The molecule has 0 fully saturated rings. The van der Waals surface area contributed by atoms with E-state index in [9.17, 15) is 4.79 Å². The first-order chi connectivity index (χ1) is 15.4. The number of ether oxygens (including phenoxy) is 1. The summed E-state index contributed by atoms with van der Waals surface area (Å²) in [7, 11) is 0. The van der Waals surface area contributed by atoms with E-state index in [2.05, 4.69) is 25.9 Å². The molecule has 2 aromatic heterocycles. The summed E-state index contributed by atoms with van der Waals surface area (Å²) in [5.74, 6) is 1.57. The number of rotatable bonds is 5. The number of carbonyl (C=O) groups excluding carboxylic acids is 1. The van der Waals surface area contributed by atoms with Crippen molar-refractivity contribution in [3.63, 3.8) is 0 Å². The van der Waals surface area contributed by atoms with E-state index < -0.39 is 0 Å². The highest BCUT2D eigenvalue weighted by molar-refractivity contribution is 5.99. The van der Waals surface area contributed by atoms with Gasteiger partial charge in [0.2, 0.25) is 5.88 Å². The third kappa shape index (κ3) is 4.92. The van der Waals surface area contributed by atoms with Gasteiger partial charge in [0.25, 0.3) is 0 Å². The van der Waals surface area contributed by atoms with Crippen LogP contribution in [0.3, 0.4) is 0 Å². The number of benzene rings is 2. The van der Waals surface area contributed by atoms with Crippen LogP contribution in [0.5, 0.6) is 11.6 Å². The van der Waals surface area contributed by atoms with Gasteiger partial charge in [-0.3, -0.25) is 0 Å². The van der Waals surface area contributed by atoms with Crippen LogP contribution in [-0.4, -0.2) is 26.0 Å². The number of amides is 2. The molecular formula is C24H24N6O2. The second-order valence-electron chi connectivity index (χ2n) is 7.57. The standard InChI is InChI=1S/C24H24N6O2/c1-15-5-6-20(13-16(15)2)26-24(31)25-19-7-9-21(10-8-19)32-23-12-11-22(27-28-23)30-18(4)14-17(3)29-30/h5-14H,1-4H3,(H2,25,26,31). The van der Waals surface area contributed by atoms with Gasteiger partial charge < -0.3 is 15.4 Å². The van der Waals surface area contributed by atoms with Crippen molar-refractivity contribution in [3.05, 3.63) is 83.2 Å². The van der Waals surface area contributed by atoms with E-state index in [1.165, 1.54) is 5.56 Å². The Hall–Kier alpha value is -4.20. The lowest BCUT2D eigenvalue weighted by atomic mass is 10.1. The Morgan fingerprint density at radius 2 is 1.53 bits per heavy atom. The molecule has 0 atom stereocenters. The molecule has 2 N–H and O–H groups in total. The maximum Gasteiger partial charge on any atom is 0.323 e. The fourth-order valence-electron chi connectivity index (χ4n) is 3.18. The van der Waals surface area contributed by atoms with E-state index in [0.29, 0.717) is 23.1 Å². The SMILES string of the molecule is Cc1cc(C)n(-c2ccc(Oc3ccc(NC(=O)Nc4ccc(C)c(C)c4)cc3)nn2)n1. The van der Waals surface area contributed by atoms with Crippen LogP contribution in [0.1, 0.15) is 22.5 Å². The Bertz CT molecular complexity index is 1250. The van der Waals surface area contributed by atoms with Gasteiger partial charge in [-0.25, -0.2) is 9.48 Å². The lowest BCUT2D eigenvalue weighted by molar-refractivity contribution is 0.262. The summed E-state index contributed by atoms with van der Waals surface area (Å²) in [6, 6.07) is 18.0. The molecule has 0 bridgehead atoms. The normalized spacial score (nSPS) is 10.6. The summed E-state index contributed by atoms with van der Waals surface area (Å²) in [6.45, 7) is 7.93. The van der Waals surface area contributed by atoms with Crippen LogP contribution in [0.25, 0.3) is 5.82 Å². The topological polar surface area (TPSA) is 94.0 Å². The van der Waals surface area contributed by atoms with E-state index in [1.54, 1.807) is 41.1 Å². The van der Waals surface area contributed by atoms with Crippen LogP contribution in [0, 0.1) is 27.7 Å². The summed E-state index contributed by atoms with van der Waals surface area (Å²) < 4.78 is 7.48. The first-order valence-corrected chi connectivity index (χ1v) is 10.2. The van der Waals surface area contributed by atoms with Gasteiger partial charge in [-0.1, -0.05) is 6.07 Å². The van der Waals surface area contributed by atoms with Gasteiger partial charge in [-0.05, 0) is 87.4 Å². The zero-order valence-electron chi connectivity index (χ0n) is 18.4. The minimum atomic E-state index is -0.312. The molecule has 2 amide bonds. The molecule has 32 heavy (non-hydrogen) atoms. The second-order valence-corrected chi connectivity index (χ2v) is 7.57. The Morgan fingerprint density at radius 1 is 0.812 bits per heavy atom. The first kappa shape index (κ1) is 21.0. The van der Waals surface area contributed by atoms with Crippen molar-refractivity contribution in [2.75, 3.05) is 10.6 Å². The van der Waals surface area contributed by atoms with Gasteiger partial charge in [0, 0.05) is 23.1 Å². The average molecular weight is 428 g/mol. The zero-order chi connectivity index (χ0) is 22.7. The maximum atomic E-state index is 12.2. The number of aromatic nitrogens is 4. The van der Waals surface area contributed by atoms with E-state index in [1.807, 2.05) is 52.0 Å². The fourth-order valence-corrected chi connectivity index (χ4v) is 3.18. The fraction of sp³-hybridized carbons (Fsp3) is 0.167. The number of aryl methyl sites for hydroxylation is 4. The number of hydrogen-bond acceptors (Lipinski definition) is 5. The highest BCUT2D eigenvalue weighted by Gasteiger charge is 2.08. The van der Waals surface area contributed by atoms with Gasteiger partial charge in [-0.15, -0.1) is 10.2 Å². The van der Waals surface area contributed by atoms with E-state index in [4.69, 9.17) is 4.74 Å². The number of nitrogens with one attached hydrogen (secondary N) is 2. The zero-order valence-corrected chi connectivity index (χ0v) is 18.4. The molecule has 0 aliphatic carbocycles. The minimum absolute atomic E-state index is 0.312. The van der Waals surface area contributed by atoms with Crippen LogP contribution in [0.15, 0.2) is 60.7 Å². The Labute approximate surface area is 186 Å². The highest BCUT2D eigenvalue weighted by atomic mass is 16.5. The summed E-state index contributed by atoms with van der Waals surface area (Å²) in [6.07, 6.45) is 0. The Balaban J connectivity index is 1.35. The third-order valence-corrected chi connectivity index (χ3v) is 4.95. The molecule has 2 heterocycles. The Kier molecular flexibility index (Phi) is 5.85. The van der Waals surface area contributed by atoms with Gasteiger partial charge >= 0.3 is 6.03 Å². The molecule has 0 aliphatic heterocycles. The predicted molar refractivity (Wildman–Crippen MR) is 124 cm³/mol. The lowest BCUT2D eigenvalue weighted by Crippen LogP contribution is -2.19. The van der Waals surface area contributed by atoms with E-state index >= 15 is 0 Å². The molecule has 4 rings (SSSR count). The molecule has 0 spiro atoms. The molecular weight excluding hydrogens is 404 g/mol. The van der Waals surface area contributed by atoms with Crippen molar-refractivity contribution >= 4 is 17.4 Å². The maximum absolute atomic E-state index is 12.2. The number of nitrogens with zero attached hydrogens (tertiary/aromatic N) is 4. The molecule has 162 valence electrons. The quantitative estimate of drug-likeness (QED) is 0.448. The molecule has 0 saturated heterocycles. The number of carbonyl (C=O) groups is 1. The van der Waals surface area contributed by atoms with Crippen LogP contribution >= 0.6 is 0 Å². The largest absolute Gasteiger partial charge is 0.438 e. The van der Waals surface area contributed by atoms with E-state index in [-0.39, 0.29) is 6.03 Å². The molecule has 0 unspecified atom stereocenters. The molecule has 0 aliphatic rings. The summed E-state index contributed by atoms with van der Waals surface area (Å²) >= 11 is 0. The van der Waals surface area contributed by atoms with Crippen LogP contribution in [0.2, 0.25) is 0 Å². The van der Waals surface area contributed by atoms with Gasteiger partial charge in [-0.2, -0.15) is 5.10 Å². The van der Waals surface area contributed by atoms with Crippen LogP contribution in [-0.2, 0) is 0 Å². The third-order valence-electron chi connectivity index (χ3n) is 4.95. The second kappa shape index (κ2) is 8.89. The smallest absolute Gasteiger partial charge is 0.323 e. The monoisotopic (exact) mass is 428 g/mol. The Morgan fingerprint density at radius 3 is 2.16 bits per heavy atom. The first-order valence-electron chi connectivity index (χ1n) is 10.2. The molecule has 2 aromatic carbocycles. The van der Waals surface area contributed by atoms with Crippen molar-refractivity contribution in [2.24, 2.45) is 0 Å². The van der Waals surface area contributed by atoms with Crippen molar-refractivity contribution in [1.29, 1.82) is 0 Å². The van der Waals surface area contributed by atoms with Crippen molar-refractivity contribution < 1.29 is 9.53 Å². The minimum Gasteiger partial charge on any atom is -0.438 e. The van der Waals surface area contributed by atoms with Crippen molar-refractivity contribution in [2.45, 2.75) is 27.7 Å². The summed E-state index contributed by atoms with van der Waals surface area (Å²) in [4.78, 5) is 12.2. The summed E-state index contributed by atoms with van der Waals surface area (Å²) in [5.41, 5.74) is 5.58. The lowest BCUT2D eigenvalue weighted by Gasteiger charge is -2.10. The molecule has 0 saturated carbocycles. The van der Waals surface area contributed by atoms with Crippen molar-refractivity contribution in [1.82, 2.24) is 20.0 Å². The number of urea groups is 1. The van der Waals surface area contributed by atoms with Gasteiger partial charge in [0.15, 0.2) is 5.82 Å². The molecule has 8 nitrogen and oxygen atoms in total. The predicted octanol–water partition coefficient (Wildman–Crippen LogP) is 5.33. The van der Waals surface area contributed by atoms with E-state index in [0.717, 1.165) is 22.6 Å². The number of anilines is 2. The molecule has 8 heteroatoms. The molecule has 4 aromatic rings. The van der Waals surface area contributed by atoms with Crippen LogP contribution in [0.4, 0.5) is 16.2 Å². The highest BCUT2D eigenvalue weighted by Crippen LogP contribution is 2.22. The molecule has 0 radical (unpaired) electrons.